The van der Waals surface area contributed by atoms with Crippen molar-refractivity contribution in [3.8, 4) is 0 Å². The van der Waals surface area contributed by atoms with Gasteiger partial charge in [-0.05, 0) is 25.0 Å². The first-order chi connectivity index (χ1) is 9.09. The Morgan fingerprint density at radius 3 is 2.53 bits per heavy atom. The lowest BCUT2D eigenvalue weighted by Gasteiger charge is -2.32. The largest absolute Gasteiger partial charge is 0.342 e. The smallest absolute Gasteiger partial charge is 0.225 e. The lowest BCUT2D eigenvalue weighted by molar-refractivity contribution is -0.135. The molecule has 0 aliphatic carbocycles. The number of Topliss-reactive ketones (excluding diaryl/α,β-unsaturated/α-hetero) is 1. The maximum Gasteiger partial charge on any atom is 0.225 e. The molecule has 1 aliphatic heterocycles. The molecular weight excluding hydrogens is 240 g/mol. The van der Waals surface area contributed by atoms with Crippen LogP contribution in [-0.4, -0.2) is 34.7 Å². The monoisotopic (exact) mass is 260 g/mol. The number of aromatic nitrogens is 1. The van der Waals surface area contributed by atoms with Gasteiger partial charge in [0.25, 0.3) is 0 Å². The predicted octanol–water partition coefficient (Wildman–Crippen LogP) is 2.16. The molecule has 0 aromatic carbocycles. The maximum atomic E-state index is 12.3. The van der Waals surface area contributed by atoms with Crippen molar-refractivity contribution in [2.24, 2.45) is 11.8 Å². The molecule has 1 aromatic heterocycles. The Labute approximate surface area is 113 Å². The van der Waals surface area contributed by atoms with E-state index in [2.05, 4.69) is 4.98 Å². The first kappa shape index (κ1) is 13.7. The SMILES string of the molecule is CC(C)C(=O)N1CCC(C(=O)c2cccnc2)CC1. The molecule has 0 unspecified atom stereocenters. The minimum Gasteiger partial charge on any atom is -0.342 e. The highest BCUT2D eigenvalue weighted by molar-refractivity contribution is 5.97. The summed E-state index contributed by atoms with van der Waals surface area (Å²) in [7, 11) is 0. The molecular formula is C15H20N2O2. The molecule has 1 fully saturated rings. The first-order valence-corrected chi connectivity index (χ1v) is 6.82. The summed E-state index contributed by atoms with van der Waals surface area (Å²) in [6, 6.07) is 3.59. The minimum absolute atomic E-state index is 0.0282. The van der Waals surface area contributed by atoms with Crippen LogP contribution in [0.1, 0.15) is 37.0 Å². The van der Waals surface area contributed by atoms with Crippen molar-refractivity contribution >= 4 is 11.7 Å². The van der Waals surface area contributed by atoms with Gasteiger partial charge in [0, 0.05) is 42.9 Å². The molecule has 2 heterocycles. The predicted molar refractivity (Wildman–Crippen MR) is 72.7 cm³/mol. The Balaban J connectivity index is 1.94. The van der Waals surface area contributed by atoms with Crippen LogP contribution in [0.25, 0.3) is 0 Å². The highest BCUT2D eigenvalue weighted by Crippen LogP contribution is 2.22. The van der Waals surface area contributed by atoms with Crippen LogP contribution in [-0.2, 0) is 4.79 Å². The van der Waals surface area contributed by atoms with E-state index >= 15 is 0 Å². The van der Waals surface area contributed by atoms with E-state index in [0.717, 1.165) is 12.8 Å². The van der Waals surface area contributed by atoms with Gasteiger partial charge in [-0.1, -0.05) is 13.8 Å². The van der Waals surface area contributed by atoms with Crippen molar-refractivity contribution < 1.29 is 9.59 Å². The van der Waals surface area contributed by atoms with Crippen LogP contribution in [0.5, 0.6) is 0 Å². The Bertz CT molecular complexity index is 448. The number of carbonyl (C=O) groups excluding carboxylic acids is 2. The van der Waals surface area contributed by atoms with Gasteiger partial charge in [-0.25, -0.2) is 0 Å². The van der Waals surface area contributed by atoms with Gasteiger partial charge in [0.1, 0.15) is 0 Å². The van der Waals surface area contributed by atoms with Gasteiger partial charge in [-0.2, -0.15) is 0 Å². The zero-order chi connectivity index (χ0) is 13.8. The lowest BCUT2D eigenvalue weighted by atomic mass is 9.89. The minimum atomic E-state index is 0.0282. The number of hydrogen-bond acceptors (Lipinski definition) is 3. The second kappa shape index (κ2) is 5.95. The Morgan fingerprint density at radius 2 is 2.00 bits per heavy atom. The van der Waals surface area contributed by atoms with Crippen LogP contribution in [0.2, 0.25) is 0 Å². The summed E-state index contributed by atoms with van der Waals surface area (Å²) in [6.45, 7) is 5.20. The van der Waals surface area contributed by atoms with Crippen molar-refractivity contribution in [2.45, 2.75) is 26.7 Å². The highest BCUT2D eigenvalue weighted by Gasteiger charge is 2.28. The number of rotatable bonds is 3. The second-order valence-electron chi connectivity index (χ2n) is 5.36. The fourth-order valence-corrected chi connectivity index (χ4v) is 2.47. The third-order valence-electron chi connectivity index (χ3n) is 3.62. The number of carbonyl (C=O) groups is 2. The number of ketones is 1. The average Bonchev–Trinajstić information content (AvgIpc) is 2.46. The molecule has 4 nitrogen and oxygen atoms in total. The Morgan fingerprint density at radius 1 is 1.32 bits per heavy atom. The van der Waals surface area contributed by atoms with Gasteiger partial charge in [-0.3, -0.25) is 14.6 Å². The summed E-state index contributed by atoms with van der Waals surface area (Å²) in [5.74, 6) is 0.406. The molecule has 1 saturated heterocycles. The van der Waals surface area contributed by atoms with Crippen molar-refractivity contribution in [3.63, 3.8) is 0 Å². The van der Waals surface area contributed by atoms with E-state index in [1.54, 1.807) is 24.5 Å². The van der Waals surface area contributed by atoms with Crippen LogP contribution in [0, 0.1) is 11.8 Å². The molecule has 1 amide bonds. The highest BCUT2D eigenvalue weighted by atomic mass is 16.2. The number of nitrogens with zero attached hydrogens (tertiary/aromatic N) is 2. The van der Waals surface area contributed by atoms with Crippen LogP contribution < -0.4 is 0 Å². The van der Waals surface area contributed by atoms with E-state index in [0.29, 0.717) is 18.7 Å². The molecule has 0 spiro atoms. The van der Waals surface area contributed by atoms with Gasteiger partial charge in [0.15, 0.2) is 5.78 Å². The molecule has 102 valence electrons. The number of pyridine rings is 1. The third kappa shape index (κ3) is 3.19. The van der Waals surface area contributed by atoms with Crippen molar-refractivity contribution in [1.29, 1.82) is 0 Å². The Kier molecular flexibility index (Phi) is 4.30. The van der Waals surface area contributed by atoms with Gasteiger partial charge in [0.2, 0.25) is 5.91 Å². The van der Waals surface area contributed by atoms with Gasteiger partial charge in [-0.15, -0.1) is 0 Å². The summed E-state index contributed by atoms with van der Waals surface area (Å²) in [5, 5.41) is 0. The molecule has 0 N–H and O–H groups in total. The summed E-state index contributed by atoms with van der Waals surface area (Å²) in [4.78, 5) is 30.0. The van der Waals surface area contributed by atoms with Crippen LogP contribution in [0.3, 0.4) is 0 Å². The average molecular weight is 260 g/mol. The summed E-state index contributed by atoms with van der Waals surface area (Å²) < 4.78 is 0. The van der Waals surface area contributed by atoms with E-state index in [4.69, 9.17) is 0 Å². The number of hydrogen-bond donors (Lipinski definition) is 0. The topological polar surface area (TPSA) is 50.3 Å². The van der Waals surface area contributed by atoms with E-state index < -0.39 is 0 Å². The zero-order valence-electron chi connectivity index (χ0n) is 11.5. The van der Waals surface area contributed by atoms with E-state index in [-0.39, 0.29) is 23.5 Å². The summed E-state index contributed by atoms with van der Waals surface area (Å²) >= 11 is 0. The van der Waals surface area contributed by atoms with E-state index in [1.165, 1.54) is 0 Å². The number of likely N-dealkylation sites (tertiary alicyclic amines) is 1. The molecule has 1 aromatic rings. The van der Waals surface area contributed by atoms with Crippen LogP contribution in [0.4, 0.5) is 0 Å². The van der Waals surface area contributed by atoms with Crippen molar-refractivity contribution in [3.05, 3.63) is 30.1 Å². The van der Waals surface area contributed by atoms with Crippen LogP contribution >= 0.6 is 0 Å². The normalized spacial score (nSPS) is 16.7. The maximum absolute atomic E-state index is 12.3. The standard InChI is InChI=1S/C15H20N2O2/c1-11(2)15(19)17-8-5-12(6-9-17)14(18)13-4-3-7-16-10-13/h3-4,7,10-12H,5-6,8-9H2,1-2H3. The molecule has 4 heteroatoms. The molecule has 2 rings (SSSR count). The summed E-state index contributed by atoms with van der Waals surface area (Å²) in [6.07, 6.45) is 4.80. The fraction of sp³-hybridized carbons (Fsp3) is 0.533. The first-order valence-electron chi connectivity index (χ1n) is 6.82. The number of piperidine rings is 1. The quantitative estimate of drug-likeness (QED) is 0.782. The third-order valence-corrected chi connectivity index (χ3v) is 3.62. The molecule has 1 aliphatic rings. The molecule has 0 radical (unpaired) electrons. The lowest BCUT2D eigenvalue weighted by Crippen LogP contribution is -2.42. The van der Waals surface area contributed by atoms with E-state index in [1.807, 2.05) is 18.7 Å². The fourth-order valence-electron chi connectivity index (χ4n) is 2.47. The summed E-state index contributed by atoms with van der Waals surface area (Å²) in [5.41, 5.74) is 0.677. The molecule has 0 bridgehead atoms. The van der Waals surface area contributed by atoms with Crippen molar-refractivity contribution in [2.75, 3.05) is 13.1 Å². The van der Waals surface area contributed by atoms with Gasteiger partial charge in [0.05, 0.1) is 0 Å². The number of amides is 1. The van der Waals surface area contributed by atoms with E-state index in [9.17, 15) is 9.59 Å². The second-order valence-corrected chi connectivity index (χ2v) is 5.36. The van der Waals surface area contributed by atoms with Crippen LogP contribution in [0.15, 0.2) is 24.5 Å². The molecule has 0 atom stereocenters. The molecule has 0 saturated carbocycles. The zero-order valence-corrected chi connectivity index (χ0v) is 11.5. The Hall–Kier alpha value is -1.71. The van der Waals surface area contributed by atoms with Gasteiger partial charge < -0.3 is 4.90 Å². The molecule has 19 heavy (non-hydrogen) atoms. The van der Waals surface area contributed by atoms with Crippen molar-refractivity contribution in [1.82, 2.24) is 9.88 Å². The van der Waals surface area contributed by atoms with Gasteiger partial charge >= 0.3 is 0 Å².